The van der Waals surface area contributed by atoms with Gasteiger partial charge in [-0.3, -0.25) is 4.98 Å². The van der Waals surface area contributed by atoms with Crippen LogP contribution in [-0.4, -0.2) is 59.9 Å². The highest BCUT2D eigenvalue weighted by Gasteiger charge is 2.28. The second kappa shape index (κ2) is 11.8. The predicted octanol–water partition coefficient (Wildman–Crippen LogP) is 3.79. The van der Waals surface area contributed by atoms with E-state index in [1.807, 2.05) is 30.7 Å². The zero-order valence-electron chi connectivity index (χ0n) is 18.5. The van der Waals surface area contributed by atoms with Crippen LogP contribution in [-0.2, 0) is 22.4 Å². The number of benzene rings is 1. The molecule has 0 fully saturated rings. The highest BCUT2D eigenvalue weighted by Crippen LogP contribution is 2.30. The lowest BCUT2D eigenvalue weighted by Gasteiger charge is -2.32. The van der Waals surface area contributed by atoms with E-state index in [2.05, 4.69) is 15.2 Å². The highest BCUT2D eigenvalue weighted by atomic mass is 32.2. The Morgan fingerprint density at radius 2 is 2.00 bits per heavy atom. The number of urea groups is 1. The van der Waals surface area contributed by atoms with Gasteiger partial charge in [-0.2, -0.15) is 0 Å². The minimum Gasteiger partial charge on any atom is -0.354 e. The smallest absolute Gasteiger partial charge is 0.319 e. The van der Waals surface area contributed by atoms with E-state index >= 15 is 0 Å². The Bertz CT molecular complexity index is 894. The highest BCUT2D eigenvalue weighted by molar-refractivity contribution is 8.02. The van der Waals surface area contributed by atoms with Crippen LogP contribution in [0.15, 0.2) is 59.9 Å². The first-order chi connectivity index (χ1) is 15.5. The maximum Gasteiger partial charge on any atom is 0.319 e. The molecule has 2 amide bonds. The molecule has 0 saturated heterocycles. The van der Waals surface area contributed by atoms with Crippen LogP contribution in [0.2, 0.25) is 0 Å². The Kier molecular flexibility index (Phi) is 8.90. The maximum atomic E-state index is 13.2. The summed E-state index contributed by atoms with van der Waals surface area (Å²) in [4.78, 5) is 21.2. The molecule has 0 aliphatic carbocycles. The number of pyridine rings is 1. The number of hydrogen-bond donors (Lipinski definition) is 1. The standard InChI is InChI=1S/C23H29FN4O3S/c1-17-16-32-23(28(17)14-19-5-4-11-25-13-19)26-22(29)27(15-21(30-2)31-3)12-10-18-6-8-20(24)9-7-18/h4-9,11,13,16,21,23H,10,12,14-15H2,1-3H3,(H,26,29). The van der Waals surface area contributed by atoms with Crippen LogP contribution >= 0.6 is 11.8 Å². The molecule has 1 aromatic carbocycles. The fourth-order valence-corrected chi connectivity index (χ4v) is 4.33. The van der Waals surface area contributed by atoms with E-state index < -0.39 is 6.29 Å². The number of ether oxygens (including phenoxy) is 2. The number of rotatable bonds is 10. The molecule has 1 aliphatic heterocycles. The first-order valence-electron chi connectivity index (χ1n) is 10.3. The van der Waals surface area contributed by atoms with Gasteiger partial charge < -0.3 is 24.6 Å². The summed E-state index contributed by atoms with van der Waals surface area (Å²) in [6.45, 7) is 3.37. The number of amides is 2. The van der Waals surface area contributed by atoms with Gasteiger partial charge in [0.15, 0.2) is 11.8 Å². The fraction of sp³-hybridized carbons (Fsp3) is 0.391. The minimum absolute atomic E-state index is 0.219. The molecule has 0 saturated carbocycles. The van der Waals surface area contributed by atoms with E-state index in [0.29, 0.717) is 19.5 Å². The number of allylic oxidation sites excluding steroid dienone is 1. The summed E-state index contributed by atoms with van der Waals surface area (Å²) < 4.78 is 23.8. The Balaban J connectivity index is 1.66. The summed E-state index contributed by atoms with van der Waals surface area (Å²) in [6, 6.07) is 10.00. The van der Waals surface area contributed by atoms with E-state index in [0.717, 1.165) is 16.8 Å². The molecular weight excluding hydrogens is 431 g/mol. The quantitative estimate of drug-likeness (QED) is 0.544. The normalized spacial score (nSPS) is 15.7. The molecule has 2 heterocycles. The lowest BCUT2D eigenvalue weighted by molar-refractivity contribution is -0.111. The summed E-state index contributed by atoms with van der Waals surface area (Å²) in [5.74, 6) is -0.281. The molecule has 1 aliphatic rings. The molecule has 1 aromatic heterocycles. The van der Waals surface area contributed by atoms with Crippen molar-refractivity contribution in [3.63, 3.8) is 0 Å². The lowest BCUT2D eigenvalue weighted by atomic mass is 10.1. The third-order valence-electron chi connectivity index (χ3n) is 5.19. The van der Waals surface area contributed by atoms with Crippen LogP contribution in [0.5, 0.6) is 0 Å². The van der Waals surface area contributed by atoms with Crippen LogP contribution in [0, 0.1) is 5.82 Å². The van der Waals surface area contributed by atoms with Gasteiger partial charge in [0.1, 0.15) is 5.82 Å². The number of aromatic nitrogens is 1. The van der Waals surface area contributed by atoms with E-state index in [4.69, 9.17) is 9.47 Å². The minimum atomic E-state index is -0.545. The van der Waals surface area contributed by atoms with Crippen LogP contribution < -0.4 is 5.32 Å². The van der Waals surface area contributed by atoms with E-state index in [-0.39, 0.29) is 23.9 Å². The van der Waals surface area contributed by atoms with Crippen LogP contribution in [0.1, 0.15) is 18.1 Å². The number of carbonyl (C=O) groups excluding carboxylic acids is 1. The molecule has 1 unspecified atom stereocenters. The van der Waals surface area contributed by atoms with Gasteiger partial charge >= 0.3 is 6.03 Å². The Morgan fingerprint density at radius 3 is 2.66 bits per heavy atom. The number of nitrogens with zero attached hydrogens (tertiary/aromatic N) is 3. The molecule has 32 heavy (non-hydrogen) atoms. The average Bonchev–Trinajstić information content (AvgIpc) is 3.14. The molecule has 3 rings (SSSR count). The van der Waals surface area contributed by atoms with Crippen molar-refractivity contribution < 1.29 is 18.7 Å². The van der Waals surface area contributed by atoms with Crippen molar-refractivity contribution >= 4 is 17.8 Å². The SMILES string of the molecule is COC(CN(CCc1ccc(F)cc1)C(=O)NC1SC=C(C)N1Cc1cccnc1)OC. The molecule has 0 spiro atoms. The van der Waals surface area contributed by atoms with Crippen LogP contribution in [0.25, 0.3) is 0 Å². The van der Waals surface area contributed by atoms with Crippen LogP contribution in [0.3, 0.4) is 0 Å². The molecular formula is C23H29FN4O3S. The van der Waals surface area contributed by atoms with Crippen molar-refractivity contribution in [2.75, 3.05) is 27.3 Å². The zero-order chi connectivity index (χ0) is 22.9. The largest absolute Gasteiger partial charge is 0.354 e. The van der Waals surface area contributed by atoms with Gasteiger partial charge in [-0.05, 0) is 48.1 Å². The van der Waals surface area contributed by atoms with Gasteiger partial charge in [-0.15, -0.1) is 0 Å². The first kappa shape index (κ1) is 24.0. The third-order valence-corrected chi connectivity index (χ3v) is 6.30. The van der Waals surface area contributed by atoms with Crippen molar-refractivity contribution in [3.05, 3.63) is 76.8 Å². The molecule has 2 aromatic rings. The fourth-order valence-electron chi connectivity index (χ4n) is 3.31. The van der Waals surface area contributed by atoms with E-state index in [1.165, 1.54) is 12.1 Å². The average molecular weight is 461 g/mol. The van der Waals surface area contributed by atoms with Crippen molar-refractivity contribution in [2.24, 2.45) is 0 Å². The predicted molar refractivity (Wildman–Crippen MR) is 123 cm³/mol. The molecule has 7 nitrogen and oxygen atoms in total. The monoisotopic (exact) mass is 460 g/mol. The first-order valence-corrected chi connectivity index (χ1v) is 11.3. The summed E-state index contributed by atoms with van der Waals surface area (Å²) >= 11 is 1.55. The second-order valence-corrected chi connectivity index (χ2v) is 8.36. The third kappa shape index (κ3) is 6.69. The van der Waals surface area contributed by atoms with Gasteiger partial charge in [-0.25, -0.2) is 9.18 Å². The van der Waals surface area contributed by atoms with Gasteiger partial charge in [0.25, 0.3) is 0 Å². The van der Waals surface area contributed by atoms with Gasteiger partial charge in [-0.1, -0.05) is 30.0 Å². The lowest BCUT2D eigenvalue weighted by Crippen LogP contribution is -2.51. The van der Waals surface area contributed by atoms with Crippen molar-refractivity contribution in [2.45, 2.75) is 31.7 Å². The topological polar surface area (TPSA) is 66.9 Å². The number of thioether (sulfide) groups is 1. The second-order valence-electron chi connectivity index (χ2n) is 7.41. The van der Waals surface area contributed by atoms with Gasteiger partial charge in [0.2, 0.25) is 0 Å². The van der Waals surface area contributed by atoms with Crippen molar-refractivity contribution in [1.82, 2.24) is 20.1 Å². The van der Waals surface area contributed by atoms with Crippen molar-refractivity contribution in [3.8, 4) is 0 Å². The zero-order valence-corrected chi connectivity index (χ0v) is 19.3. The van der Waals surface area contributed by atoms with E-state index in [1.54, 1.807) is 49.2 Å². The molecule has 9 heteroatoms. The molecule has 0 bridgehead atoms. The summed E-state index contributed by atoms with van der Waals surface area (Å²) in [5, 5.41) is 5.15. The number of carbonyl (C=O) groups is 1. The Labute approximate surface area is 192 Å². The molecule has 1 N–H and O–H groups in total. The van der Waals surface area contributed by atoms with Gasteiger partial charge in [0, 0.05) is 45.4 Å². The Morgan fingerprint density at radius 1 is 1.25 bits per heavy atom. The maximum absolute atomic E-state index is 13.2. The Hall–Kier alpha value is -2.62. The summed E-state index contributed by atoms with van der Waals surface area (Å²) in [6.07, 6.45) is 3.61. The molecule has 172 valence electrons. The number of hydrogen-bond acceptors (Lipinski definition) is 6. The number of halogens is 1. The van der Waals surface area contributed by atoms with Crippen LogP contribution in [0.4, 0.5) is 9.18 Å². The van der Waals surface area contributed by atoms with Crippen molar-refractivity contribution in [1.29, 1.82) is 0 Å². The summed E-state index contributed by atoms with van der Waals surface area (Å²) in [5.41, 5.74) is 2.85. The number of nitrogens with one attached hydrogen (secondary N) is 1. The molecule has 0 radical (unpaired) electrons. The molecule has 1 atom stereocenters. The van der Waals surface area contributed by atoms with E-state index in [9.17, 15) is 9.18 Å². The van der Waals surface area contributed by atoms with Gasteiger partial charge in [0.05, 0.1) is 6.54 Å². The number of methoxy groups -OCH3 is 2. The summed E-state index contributed by atoms with van der Waals surface area (Å²) in [7, 11) is 3.08.